The highest BCUT2D eigenvalue weighted by atomic mass is 16.2. The Kier molecular flexibility index (Phi) is 7.27. The lowest BCUT2D eigenvalue weighted by Gasteiger charge is -2.37. The van der Waals surface area contributed by atoms with E-state index >= 15 is 0 Å². The lowest BCUT2D eigenvalue weighted by atomic mass is 9.88. The molecule has 9 heteroatoms. The molecule has 1 aromatic heterocycles. The maximum Gasteiger partial charge on any atom is 0.329 e. The van der Waals surface area contributed by atoms with Crippen molar-refractivity contribution in [1.82, 2.24) is 24.3 Å². The topological polar surface area (TPSA) is 96.6 Å². The number of nitrogens with one attached hydrogen (secondary N) is 1. The third-order valence-corrected chi connectivity index (χ3v) is 8.25. The molecule has 0 radical (unpaired) electrons. The number of benzene rings is 1. The van der Waals surface area contributed by atoms with E-state index in [0.29, 0.717) is 12.3 Å². The molecular weight excluding hydrogens is 458 g/mol. The molecule has 0 bridgehead atoms. The zero-order chi connectivity index (χ0) is 25.2. The van der Waals surface area contributed by atoms with Crippen LogP contribution in [0.2, 0.25) is 0 Å². The maximum absolute atomic E-state index is 12.9. The molecule has 0 spiro atoms. The fourth-order valence-corrected chi connectivity index (χ4v) is 6.10. The van der Waals surface area contributed by atoms with E-state index in [1.54, 1.807) is 11.6 Å². The number of amides is 3. The van der Waals surface area contributed by atoms with Crippen LogP contribution in [0.4, 0.5) is 0 Å². The van der Waals surface area contributed by atoms with Gasteiger partial charge in [0.1, 0.15) is 6.04 Å². The van der Waals surface area contributed by atoms with Crippen molar-refractivity contribution >= 4 is 28.8 Å². The summed E-state index contributed by atoms with van der Waals surface area (Å²) in [7, 11) is 1.73. The first-order valence-electron chi connectivity index (χ1n) is 13.5. The zero-order valence-electron chi connectivity index (χ0n) is 21.2. The second kappa shape index (κ2) is 10.6. The van der Waals surface area contributed by atoms with E-state index in [4.69, 9.17) is 0 Å². The van der Waals surface area contributed by atoms with Gasteiger partial charge in [0.15, 0.2) is 0 Å². The molecule has 1 atom stereocenters. The summed E-state index contributed by atoms with van der Waals surface area (Å²) < 4.78 is 3.11. The number of fused-ring (bicyclic) bond motifs is 1. The highest BCUT2D eigenvalue weighted by molar-refractivity contribution is 6.00. The van der Waals surface area contributed by atoms with Crippen LogP contribution in [0.15, 0.2) is 23.0 Å². The van der Waals surface area contributed by atoms with E-state index < -0.39 is 11.9 Å². The number of carbonyl (C=O) groups is 3. The summed E-state index contributed by atoms with van der Waals surface area (Å²) in [5.41, 5.74) is 2.44. The Labute approximate surface area is 211 Å². The second-order valence-electron chi connectivity index (χ2n) is 10.6. The van der Waals surface area contributed by atoms with Gasteiger partial charge in [-0.25, -0.2) is 4.79 Å². The third kappa shape index (κ3) is 4.98. The maximum atomic E-state index is 12.9. The summed E-state index contributed by atoms with van der Waals surface area (Å²) in [5.74, 6) is -0.0759. The molecular formula is C27H37N5O4. The molecule has 5 rings (SSSR count). The molecule has 2 aliphatic heterocycles. The SMILES string of the molecule is Cn1c(=O)n(C2CCC(=O)NC2=O)c2ccc(CCCN3CCN(C(=O)C4CCCCC4)CC3)cc21. The number of hydrogen-bond donors (Lipinski definition) is 1. The van der Waals surface area contributed by atoms with Gasteiger partial charge in [-0.05, 0) is 56.3 Å². The molecule has 1 aromatic carbocycles. The van der Waals surface area contributed by atoms with Gasteiger partial charge < -0.3 is 4.90 Å². The molecule has 3 amide bonds. The van der Waals surface area contributed by atoms with Crippen LogP contribution in [0.3, 0.4) is 0 Å². The van der Waals surface area contributed by atoms with Crippen LogP contribution >= 0.6 is 0 Å². The molecule has 1 N–H and O–H groups in total. The highest BCUT2D eigenvalue weighted by Gasteiger charge is 2.31. The monoisotopic (exact) mass is 495 g/mol. The van der Waals surface area contributed by atoms with Crippen LogP contribution in [0.25, 0.3) is 11.0 Å². The van der Waals surface area contributed by atoms with Gasteiger partial charge in [0, 0.05) is 45.6 Å². The van der Waals surface area contributed by atoms with Crippen LogP contribution in [0.5, 0.6) is 0 Å². The molecule has 1 saturated carbocycles. The van der Waals surface area contributed by atoms with Gasteiger partial charge in [-0.2, -0.15) is 0 Å². The van der Waals surface area contributed by atoms with Crippen molar-refractivity contribution in [1.29, 1.82) is 0 Å². The molecule has 2 aromatic rings. The van der Waals surface area contributed by atoms with Crippen LogP contribution in [-0.4, -0.2) is 69.4 Å². The fraction of sp³-hybridized carbons (Fsp3) is 0.630. The Bertz CT molecular complexity index is 1200. The van der Waals surface area contributed by atoms with E-state index in [2.05, 4.69) is 15.1 Å². The van der Waals surface area contributed by atoms with Crippen molar-refractivity contribution in [3.8, 4) is 0 Å². The third-order valence-electron chi connectivity index (χ3n) is 8.25. The summed E-state index contributed by atoms with van der Waals surface area (Å²) >= 11 is 0. The van der Waals surface area contributed by atoms with E-state index in [9.17, 15) is 19.2 Å². The number of hydrogen-bond acceptors (Lipinski definition) is 5. The van der Waals surface area contributed by atoms with Crippen molar-refractivity contribution in [2.45, 2.75) is 63.8 Å². The molecule has 3 aliphatic rings. The molecule has 36 heavy (non-hydrogen) atoms. The molecule has 9 nitrogen and oxygen atoms in total. The van der Waals surface area contributed by atoms with Gasteiger partial charge >= 0.3 is 5.69 Å². The van der Waals surface area contributed by atoms with Crippen LogP contribution < -0.4 is 11.0 Å². The molecule has 2 saturated heterocycles. The standard InChI is InChI=1S/C27H37N5O4/c1-29-23-18-19(9-10-21(23)32(27(29)36)22-11-12-24(33)28-25(22)34)6-5-13-30-14-16-31(17-15-30)26(35)20-7-3-2-4-8-20/h9-10,18,20,22H,2-8,11-17H2,1H3,(H,28,33,34). The molecule has 3 heterocycles. The number of nitrogens with zero attached hydrogens (tertiary/aromatic N) is 4. The number of carbonyl (C=O) groups excluding carboxylic acids is 3. The summed E-state index contributed by atoms with van der Waals surface area (Å²) in [6.07, 6.45) is 8.25. The first-order chi connectivity index (χ1) is 17.4. The number of rotatable bonds is 6. The van der Waals surface area contributed by atoms with Gasteiger partial charge in [-0.1, -0.05) is 25.3 Å². The normalized spacial score (nSPS) is 22.2. The Morgan fingerprint density at radius 1 is 0.972 bits per heavy atom. The van der Waals surface area contributed by atoms with E-state index in [1.165, 1.54) is 23.8 Å². The summed E-state index contributed by atoms with van der Waals surface area (Å²) in [6, 6.07) is 5.34. The summed E-state index contributed by atoms with van der Waals surface area (Å²) in [6.45, 7) is 4.51. The molecule has 194 valence electrons. The Hall–Kier alpha value is -2.94. The van der Waals surface area contributed by atoms with Crippen molar-refractivity contribution in [2.75, 3.05) is 32.7 Å². The second-order valence-corrected chi connectivity index (χ2v) is 10.6. The van der Waals surface area contributed by atoms with E-state index in [1.807, 2.05) is 18.2 Å². The first kappa shape index (κ1) is 24.7. The lowest BCUT2D eigenvalue weighted by Crippen LogP contribution is -2.50. The van der Waals surface area contributed by atoms with Crippen LogP contribution in [0, 0.1) is 5.92 Å². The van der Waals surface area contributed by atoms with Crippen molar-refractivity contribution in [2.24, 2.45) is 13.0 Å². The van der Waals surface area contributed by atoms with Gasteiger partial charge in [0.2, 0.25) is 17.7 Å². The Morgan fingerprint density at radius 2 is 1.72 bits per heavy atom. The molecule has 1 aliphatic carbocycles. The summed E-state index contributed by atoms with van der Waals surface area (Å²) in [4.78, 5) is 54.2. The van der Waals surface area contributed by atoms with Gasteiger partial charge in [-0.15, -0.1) is 0 Å². The quantitative estimate of drug-likeness (QED) is 0.618. The summed E-state index contributed by atoms with van der Waals surface area (Å²) in [5, 5.41) is 2.35. The Morgan fingerprint density at radius 3 is 2.44 bits per heavy atom. The smallest absolute Gasteiger partial charge is 0.329 e. The van der Waals surface area contributed by atoms with E-state index in [0.717, 1.165) is 75.0 Å². The number of aryl methyl sites for hydroxylation is 2. The predicted molar refractivity (Wildman–Crippen MR) is 137 cm³/mol. The zero-order valence-corrected chi connectivity index (χ0v) is 21.2. The fourth-order valence-electron chi connectivity index (χ4n) is 6.10. The lowest BCUT2D eigenvalue weighted by molar-refractivity contribution is -0.138. The highest BCUT2D eigenvalue weighted by Crippen LogP contribution is 2.26. The number of piperazine rings is 1. The predicted octanol–water partition coefficient (Wildman–Crippen LogP) is 1.97. The van der Waals surface area contributed by atoms with Crippen molar-refractivity contribution in [3.63, 3.8) is 0 Å². The minimum absolute atomic E-state index is 0.236. The molecule has 1 unspecified atom stereocenters. The van der Waals surface area contributed by atoms with Gasteiger partial charge in [0.05, 0.1) is 11.0 Å². The average Bonchev–Trinajstić information content (AvgIpc) is 3.14. The Balaban J connectivity index is 1.16. The minimum Gasteiger partial charge on any atom is -0.340 e. The van der Waals surface area contributed by atoms with Gasteiger partial charge in [0.25, 0.3) is 0 Å². The number of aromatic nitrogens is 2. The number of piperidine rings is 1. The minimum atomic E-state index is -0.659. The van der Waals surface area contributed by atoms with Crippen LogP contribution in [-0.2, 0) is 27.9 Å². The average molecular weight is 496 g/mol. The van der Waals surface area contributed by atoms with Crippen molar-refractivity contribution in [3.05, 3.63) is 34.2 Å². The molecule has 3 fully saturated rings. The largest absolute Gasteiger partial charge is 0.340 e. The van der Waals surface area contributed by atoms with Gasteiger partial charge in [-0.3, -0.25) is 33.7 Å². The van der Waals surface area contributed by atoms with E-state index in [-0.39, 0.29) is 23.9 Å². The first-order valence-corrected chi connectivity index (χ1v) is 13.5. The van der Waals surface area contributed by atoms with Crippen LogP contribution in [0.1, 0.15) is 63.0 Å². The number of imidazole rings is 1. The van der Waals surface area contributed by atoms with Crippen molar-refractivity contribution < 1.29 is 14.4 Å². The number of imide groups is 1.